The topological polar surface area (TPSA) is 38.7 Å². The quantitative estimate of drug-likeness (QED) is 0.890. The van der Waals surface area contributed by atoms with Crippen molar-refractivity contribution in [2.75, 3.05) is 13.7 Å². The summed E-state index contributed by atoms with van der Waals surface area (Å²) in [4.78, 5) is 0. The molecule has 19 heavy (non-hydrogen) atoms. The smallest absolute Gasteiger partial charge is 0.128 e. The van der Waals surface area contributed by atoms with Crippen molar-refractivity contribution >= 4 is 0 Å². The maximum Gasteiger partial charge on any atom is 0.128 e. The van der Waals surface area contributed by atoms with E-state index in [0.717, 1.165) is 56.4 Å². The highest BCUT2D eigenvalue weighted by Crippen LogP contribution is 2.44. The van der Waals surface area contributed by atoms with Gasteiger partial charge in [0.15, 0.2) is 0 Å². The number of para-hydroxylation sites is 1. The van der Waals surface area contributed by atoms with Crippen LogP contribution in [0, 0.1) is 0 Å². The van der Waals surface area contributed by atoms with Crippen LogP contribution in [0.25, 0.3) is 0 Å². The molecule has 104 valence electrons. The second-order valence-corrected chi connectivity index (χ2v) is 5.64. The molecule has 2 aliphatic rings. The SMILES string of the molecule is COC1CCCCC1(O)c1cccc2c1OCCC2. The molecule has 0 saturated heterocycles. The number of rotatable bonds is 2. The van der Waals surface area contributed by atoms with Gasteiger partial charge in [-0.3, -0.25) is 0 Å². The molecule has 2 unspecified atom stereocenters. The Bertz CT molecular complexity index is 457. The summed E-state index contributed by atoms with van der Waals surface area (Å²) in [6.07, 6.45) is 5.80. The van der Waals surface area contributed by atoms with Crippen LogP contribution >= 0.6 is 0 Å². The van der Waals surface area contributed by atoms with Crippen LogP contribution in [-0.2, 0) is 16.8 Å². The van der Waals surface area contributed by atoms with Gasteiger partial charge in [-0.05, 0) is 31.2 Å². The third-order valence-corrected chi connectivity index (χ3v) is 4.49. The Balaban J connectivity index is 2.04. The van der Waals surface area contributed by atoms with Gasteiger partial charge in [-0.25, -0.2) is 0 Å². The van der Waals surface area contributed by atoms with E-state index in [-0.39, 0.29) is 6.10 Å². The predicted octanol–water partition coefficient (Wildman–Crippen LogP) is 2.79. The van der Waals surface area contributed by atoms with Gasteiger partial charge in [-0.2, -0.15) is 0 Å². The lowest BCUT2D eigenvalue weighted by molar-refractivity contribution is -0.123. The van der Waals surface area contributed by atoms with Crippen LogP contribution in [0.4, 0.5) is 0 Å². The Labute approximate surface area is 114 Å². The molecule has 1 aliphatic heterocycles. The third-order valence-electron chi connectivity index (χ3n) is 4.49. The highest BCUT2D eigenvalue weighted by Gasteiger charge is 2.43. The molecule has 1 N–H and O–H groups in total. The van der Waals surface area contributed by atoms with Crippen molar-refractivity contribution < 1.29 is 14.6 Å². The first kappa shape index (κ1) is 12.9. The second kappa shape index (κ2) is 5.14. The molecule has 3 heteroatoms. The summed E-state index contributed by atoms with van der Waals surface area (Å²) in [7, 11) is 1.69. The van der Waals surface area contributed by atoms with Crippen molar-refractivity contribution in [2.24, 2.45) is 0 Å². The van der Waals surface area contributed by atoms with E-state index in [4.69, 9.17) is 9.47 Å². The Morgan fingerprint density at radius 3 is 3.05 bits per heavy atom. The molecule has 0 amide bonds. The summed E-state index contributed by atoms with van der Waals surface area (Å²) in [5.74, 6) is 0.903. The number of aryl methyl sites for hydroxylation is 1. The van der Waals surface area contributed by atoms with Crippen molar-refractivity contribution in [2.45, 2.75) is 50.2 Å². The van der Waals surface area contributed by atoms with Gasteiger partial charge >= 0.3 is 0 Å². The monoisotopic (exact) mass is 262 g/mol. The third kappa shape index (κ3) is 2.15. The second-order valence-electron chi connectivity index (χ2n) is 5.64. The summed E-state index contributed by atoms with van der Waals surface area (Å²) in [6.45, 7) is 0.748. The maximum atomic E-state index is 11.2. The lowest BCUT2D eigenvalue weighted by Crippen LogP contribution is -2.43. The summed E-state index contributed by atoms with van der Waals surface area (Å²) in [5.41, 5.74) is 1.25. The van der Waals surface area contributed by atoms with Gasteiger partial charge in [0, 0.05) is 12.7 Å². The van der Waals surface area contributed by atoms with Crippen molar-refractivity contribution in [1.82, 2.24) is 0 Å². The molecule has 1 fully saturated rings. The number of hydrogen-bond acceptors (Lipinski definition) is 3. The standard InChI is InChI=1S/C16H22O3/c1-18-14-9-2-3-10-16(14,17)13-8-4-6-12-7-5-11-19-15(12)13/h4,6,8,14,17H,2-3,5,7,9-11H2,1H3. The van der Waals surface area contributed by atoms with Crippen molar-refractivity contribution in [3.63, 3.8) is 0 Å². The Morgan fingerprint density at radius 1 is 1.32 bits per heavy atom. The van der Waals surface area contributed by atoms with E-state index < -0.39 is 5.60 Å². The van der Waals surface area contributed by atoms with Crippen molar-refractivity contribution in [3.05, 3.63) is 29.3 Å². The van der Waals surface area contributed by atoms with Gasteiger partial charge < -0.3 is 14.6 Å². The van der Waals surface area contributed by atoms with E-state index in [0.29, 0.717) is 0 Å². The fourth-order valence-electron chi connectivity index (χ4n) is 3.47. The number of aliphatic hydroxyl groups is 1. The number of methoxy groups -OCH3 is 1. The van der Waals surface area contributed by atoms with Gasteiger partial charge in [0.1, 0.15) is 11.4 Å². The molecular weight excluding hydrogens is 240 g/mol. The summed E-state index contributed by atoms with van der Waals surface area (Å²) < 4.78 is 11.4. The number of ether oxygens (including phenoxy) is 2. The van der Waals surface area contributed by atoms with E-state index in [1.807, 2.05) is 12.1 Å². The van der Waals surface area contributed by atoms with Crippen LogP contribution in [0.1, 0.15) is 43.2 Å². The van der Waals surface area contributed by atoms with Crippen LogP contribution in [0.3, 0.4) is 0 Å². The van der Waals surface area contributed by atoms with Gasteiger partial charge in [-0.1, -0.05) is 31.0 Å². The summed E-state index contributed by atoms with van der Waals surface area (Å²) >= 11 is 0. The van der Waals surface area contributed by atoms with E-state index in [9.17, 15) is 5.11 Å². The van der Waals surface area contributed by atoms with Crippen LogP contribution in [0.2, 0.25) is 0 Å². The number of fused-ring (bicyclic) bond motifs is 1. The number of benzene rings is 1. The molecule has 1 saturated carbocycles. The summed E-state index contributed by atoms with van der Waals surface area (Å²) in [6, 6.07) is 6.13. The van der Waals surface area contributed by atoms with Gasteiger partial charge in [-0.15, -0.1) is 0 Å². The highest BCUT2D eigenvalue weighted by atomic mass is 16.5. The Hall–Kier alpha value is -1.06. The molecule has 0 bridgehead atoms. The van der Waals surface area contributed by atoms with Crippen LogP contribution in [0.5, 0.6) is 5.75 Å². The molecule has 0 aromatic heterocycles. The Kier molecular flexibility index (Phi) is 3.50. The van der Waals surface area contributed by atoms with E-state index >= 15 is 0 Å². The van der Waals surface area contributed by atoms with Crippen molar-refractivity contribution in [1.29, 1.82) is 0 Å². The van der Waals surface area contributed by atoms with E-state index in [1.54, 1.807) is 7.11 Å². The molecule has 1 aromatic rings. The van der Waals surface area contributed by atoms with Gasteiger partial charge in [0.05, 0.1) is 12.7 Å². The largest absolute Gasteiger partial charge is 0.493 e. The average molecular weight is 262 g/mol. The zero-order valence-corrected chi connectivity index (χ0v) is 11.5. The van der Waals surface area contributed by atoms with E-state index in [2.05, 4.69) is 6.07 Å². The fraction of sp³-hybridized carbons (Fsp3) is 0.625. The Morgan fingerprint density at radius 2 is 2.21 bits per heavy atom. The molecule has 1 aromatic carbocycles. The molecule has 2 atom stereocenters. The lowest BCUT2D eigenvalue weighted by Gasteiger charge is -2.40. The van der Waals surface area contributed by atoms with Gasteiger partial charge in [0.25, 0.3) is 0 Å². The molecule has 1 aliphatic carbocycles. The molecule has 1 heterocycles. The molecule has 3 nitrogen and oxygen atoms in total. The predicted molar refractivity (Wildman–Crippen MR) is 73.4 cm³/mol. The molecule has 0 radical (unpaired) electrons. The molecular formula is C16H22O3. The first-order valence-electron chi connectivity index (χ1n) is 7.26. The van der Waals surface area contributed by atoms with Crippen LogP contribution < -0.4 is 4.74 Å². The first-order valence-corrected chi connectivity index (χ1v) is 7.26. The minimum Gasteiger partial charge on any atom is -0.493 e. The molecule has 0 spiro atoms. The maximum absolute atomic E-state index is 11.2. The zero-order valence-electron chi connectivity index (χ0n) is 11.5. The van der Waals surface area contributed by atoms with Crippen LogP contribution in [-0.4, -0.2) is 24.9 Å². The van der Waals surface area contributed by atoms with Crippen molar-refractivity contribution in [3.8, 4) is 5.75 Å². The first-order chi connectivity index (χ1) is 9.25. The minimum atomic E-state index is -0.893. The van der Waals surface area contributed by atoms with Gasteiger partial charge in [0.2, 0.25) is 0 Å². The normalized spacial score (nSPS) is 30.5. The zero-order chi connectivity index (χ0) is 13.3. The average Bonchev–Trinajstić information content (AvgIpc) is 2.47. The minimum absolute atomic E-state index is 0.127. The highest BCUT2D eigenvalue weighted by molar-refractivity contribution is 5.46. The van der Waals surface area contributed by atoms with E-state index in [1.165, 1.54) is 5.56 Å². The fourth-order valence-corrected chi connectivity index (χ4v) is 3.47. The lowest BCUT2D eigenvalue weighted by atomic mass is 9.76. The number of hydrogen-bond donors (Lipinski definition) is 1. The molecule has 3 rings (SSSR count). The summed E-state index contributed by atoms with van der Waals surface area (Å²) in [5, 5.41) is 11.2. The van der Waals surface area contributed by atoms with Crippen LogP contribution in [0.15, 0.2) is 18.2 Å².